The van der Waals surface area contributed by atoms with E-state index in [4.69, 9.17) is 5.26 Å². The van der Waals surface area contributed by atoms with E-state index in [0.717, 1.165) is 11.2 Å². The minimum absolute atomic E-state index is 0.600. The fourth-order valence-corrected chi connectivity index (χ4v) is 2.28. The molecule has 0 atom stereocenters. The van der Waals surface area contributed by atoms with Gasteiger partial charge < -0.3 is 4.57 Å². The van der Waals surface area contributed by atoms with Gasteiger partial charge in [-0.2, -0.15) is 5.26 Å². The van der Waals surface area contributed by atoms with E-state index in [-0.39, 0.29) is 0 Å². The lowest BCUT2D eigenvalue weighted by Crippen LogP contribution is -2.12. The van der Waals surface area contributed by atoms with Gasteiger partial charge in [0.25, 0.3) is 0 Å². The summed E-state index contributed by atoms with van der Waals surface area (Å²) in [6, 6.07) is 6.05. The number of benzene rings is 1. The Balaban J connectivity index is 2.47. The van der Waals surface area contributed by atoms with Crippen molar-refractivity contribution in [1.82, 2.24) is 9.88 Å². The van der Waals surface area contributed by atoms with Crippen molar-refractivity contribution in [3.8, 4) is 6.19 Å². The molecule has 1 heterocycles. The first-order valence-corrected chi connectivity index (χ1v) is 6.71. The van der Waals surface area contributed by atoms with E-state index < -0.39 is 0 Å². The van der Waals surface area contributed by atoms with Gasteiger partial charge in [0.15, 0.2) is 11.4 Å². The van der Waals surface area contributed by atoms with Crippen molar-refractivity contribution >= 4 is 33.5 Å². The quantitative estimate of drug-likeness (QED) is 0.370. The van der Waals surface area contributed by atoms with Gasteiger partial charge >= 0.3 is 0 Å². The fraction of sp³-hybridized carbons (Fsp3) is 0.231. The molecule has 0 unspecified atom stereocenters. The molecule has 18 heavy (non-hydrogen) atoms. The largest absolute Gasteiger partial charge is 0.350 e. The Bertz CT molecular complexity index is 649. The second-order valence-corrected chi connectivity index (χ2v) is 4.78. The molecule has 5 heteroatoms. The molecule has 2 rings (SSSR count). The number of thioether (sulfide) groups is 1. The first kappa shape index (κ1) is 12.5. The van der Waals surface area contributed by atoms with Crippen molar-refractivity contribution in [2.75, 3.05) is 6.26 Å². The van der Waals surface area contributed by atoms with E-state index in [1.165, 1.54) is 22.7 Å². The second-order valence-electron chi connectivity index (χ2n) is 3.98. The van der Waals surface area contributed by atoms with E-state index in [1.54, 1.807) is 0 Å². The number of amidine groups is 1. The second kappa shape index (κ2) is 5.15. The molecule has 0 radical (unpaired) electrons. The van der Waals surface area contributed by atoms with Crippen LogP contribution in [0.1, 0.15) is 5.56 Å². The maximum Gasteiger partial charge on any atom is 0.183 e. The van der Waals surface area contributed by atoms with Crippen LogP contribution in [0.3, 0.4) is 0 Å². The minimum Gasteiger partial charge on any atom is -0.350 e. The number of aliphatic imine (C=N–C) groups is 1. The first-order valence-electron chi connectivity index (χ1n) is 5.49. The summed E-state index contributed by atoms with van der Waals surface area (Å²) in [5, 5.41) is 13.0. The highest BCUT2D eigenvalue weighted by molar-refractivity contribution is 8.13. The van der Waals surface area contributed by atoms with Gasteiger partial charge in [0.1, 0.15) is 0 Å². The van der Waals surface area contributed by atoms with Gasteiger partial charge in [-0.05, 0) is 30.9 Å². The molecule has 2 aromatic rings. The minimum atomic E-state index is 0.600. The Kier molecular flexibility index (Phi) is 3.58. The standard InChI is InChI=1S/C13H14N4S/c1-9-7-17(2)12-6-10(4-5-11(9)12)16-13(18-3)15-8-14/h4-7H,1-3H3,(H,15,16). The number of aromatic nitrogens is 1. The molecule has 0 fully saturated rings. The summed E-state index contributed by atoms with van der Waals surface area (Å²) in [6.45, 7) is 2.09. The van der Waals surface area contributed by atoms with Crippen molar-refractivity contribution in [2.45, 2.75) is 6.92 Å². The Labute approximate surface area is 110 Å². The number of fused-ring (bicyclic) bond motifs is 1. The van der Waals surface area contributed by atoms with Crippen LogP contribution in [0.25, 0.3) is 10.9 Å². The number of hydrogen-bond acceptors (Lipinski definition) is 3. The van der Waals surface area contributed by atoms with Crippen molar-refractivity contribution in [3.05, 3.63) is 30.0 Å². The van der Waals surface area contributed by atoms with E-state index >= 15 is 0 Å². The van der Waals surface area contributed by atoms with Gasteiger partial charge in [-0.3, -0.25) is 5.32 Å². The van der Waals surface area contributed by atoms with Gasteiger partial charge in [0, 0.05) is 18.6 Å². The van der Waals surface area contributed by atoms with Crippen LogP contribution in [-0.4, -0.2) is 16.0 Å². The zero-order chi connectivity index (χ0) is 13.1. The summed E-state index contributed by atoms with van der Waals surface area (Å²) < 4.78 is 2.08. The third-order valence-electron chi connectivity index (χ3n) is 2.76. The molecule has 0 aliphatic rings. The summed E-state index contributed by atoms with van der Waals surface area (Å²) >= 11 is 1.41. The number of rotatable bonds is 1. The van der Waals surface area contributed by atoms with Crippen molar-refractivity contribution in [1.29, 1.82) is 5.26 Å². The Morgan fingerprint density at radius 3 is 2.94 bits per heavy atom. The lowest BCUT2D eigenvalue weighted by molar-refractivity contribution is 0.964. The van der Waals surface area contributed by atoms with Crippen LogP contribution < -0.4 is 5.32 Å². The van der Waals surface area contributed by atoms with Crippen LogP contribution in [0.15, 0.2) is 29.4 Å². The zero-order valence-corrected chi connectivity index (χ0v) is 11.4. The number of hydrogen-bond donors (Lipinski definition) is 1. The smallest absolute Gasteiger partial charge is 0.183 e. The van der Waals surface area contributed by atoms with Gasteiger partial charge in [-0.1, -0.05) is 17.8 Å². The monoisotopic (exact) mass is 258 g/mol. The first-order chi connectivity index (χ1) is 8.65. The predicted molar refractivity (Wildman–Crippen MR) is 77.0 cm³/mol. The Morgan fingerprint density at radius 1 is 1.50 bits per heavy atom. The molecule has 0 spiro atoms. The molecule has 0 saturated carbocycles. The molecule has 0 bridgehead atoms. The number of nitrogens with one attached hydrogen (secondary N) is 1. The summed E-state index contributed by atoms with van der Waals surface area (Å²) in [5.41, 5.74) is 3.24. The van der Waals surface area contributed by atoms with Crippen LogP contribution in [0, 0.1) is 18.4 Å². The molecule has 0 aliphatic heterocycles. The molecular formula is C13H14N4S. The summed E-state index contributed by atoms with van der Waals surface area (Å²) in [5.74, 6) is 0. The normalized spacial score (nSPS) is 11.6. The van der Waals surface area contributed by atoms with Crippen molar-refractivity contribution in [3.63, 3.8) is 0 Å². The van der Waals surface area contributed by atoms with E-state index in [1.807, 2.05) is 31.6 Å². The van der Waals surface area contributed by atoms with Gasteiger partial charge in [0.05, 0.1) is 11.2 Å². The molecule has 1 aromatic carbocycles. The maximum atomic E-state index is 8.61. The molecule has 0 aliphatic carbocycles. The molecule has 1 N–H and O–H groups in total. The molecule has 4 nitrogen and oxygen atoms in total. The highest BCUT2D eigenvalue weighted by Gasteiger charge is 2.04. The van der Waals surface area contributed by atoms with Crippen LogP contribution in [-0.2, 0) is 7.05 Å². The Hall–Kier alpha value is -1.93. The SMILES string of the molecule is CSC(=Nc1ccc2c(C)cn(C)c2c1)NC#N. The molecule has 0 amide bonds. The maximum absolute atomic E-state index is 8.61. The summed E-state index contributed by atoms with van der Waals surface area (Å²) in [4.78, 5) is 4.40. The van der Waals surface area contributed by atoms with E-state index in [2.05, 4.69) is 34.1 Å². The molecule has 1 aromatic heterocycles. The van der Waals surface area contributed by atoms with Gasteiger partial charge in [-0.15, -0.1) is 0 Å². The topological polar surface area (TPSA) is 53.1 Å². The summed E-state index contributed by atoms with van der Waals surface area (Å²) in [7, 11) is 2.02. The van der Waals surface area contributed by atoms with E-state index in [9.17, 15) is 0 Å². The van der Waals surface area contributed by atoms with Crippen LogP contribution in [0.2, 0.25) is 0 Å². The van der Waals surface area contributed by atoms with Gasteiger partial charge in [-0.25, -0.2) is 4.99 Å². The number of nitriles is 1. The third kappa shape index (κ3) is 2.34. The molecule has 92 valence electrons. The summed E-state index contributed by atoms with van der Waals surface area (Å²) in [6.07, 6.45) is 5.87. The molecular weight excluding hydrogens is 244 g/mol. The van der Waals surface area contributed by atoms with E-state index in [0.29, 0.717) is 5.17 Å². The highest BCUT2D eigenvalue weighted by atomic mass is 32.2. The average molecular weight is 258 g/mol. The van der Waals surface area contributed by atoms with Crippen LogP contribution in [0.5, 0.6) is 0 Å². The van der Waals surface area contributed by atoms with Crippen LogP contribution >= 0.6 is 11.8 Å². The van der Waals surface area contributed by atoms with Gasteiger partial charge in [0.2, 0.25) is 0 Å². The van der Waals surface area contributed by atoms with Crippen LogP contribution in [0.4, 0.5) is 5.69 Å². The third-order valence-corrected chi connectivity index (χ3v) is 3.34. The lowest BCUT2D eigenvalue weighted by Gasteiger charge is -2.01. The Morgan fingerprint density at radius 2 is 2.28 bits per heavy atom. The van der Waals surface area contributed by atoms with Crippen molar-refractivity contribution in [2.24, 2.45) is 12.0 Å². The fourth-order valence-electron chi connectivity index (χ4n) is 1.93. The number of nitrogens with zero attached hydrogens (tertiary/aromatic N) is 3. The molecule has 0 saturated heterocycles. The average Bonchev–Trinajstić information content (AvgIpc) is 2.64. The highest BCUT2D eigenvalue weighted by Crippen LogP contribution is 2.25. The lowest BCUT2D eigenvalue weighted by atomic mass is 10.2. The zero-order valence-electron chi connectivity index (χ0n) is 10.6. The van der Waals surface area contributed by atoms with Crippen molar-refractivity contribution < 1.29 is 0 Å². The predicted octanol–water partition coefficient (Wildman–Crippen LogP) is 2.91. The number of aryl methyl sites for hydroxylation is 2.